The van der Waals surface area contributed by atoms with E-state index in [-0.39, 0.29) is 5.82 Å². The average Bonchev–Trinajstić information content (AvgIpc) is 2.11. The van der Waals surface area contributed by atoms with E-state index < -0.39 is 5.82 Å². The van der Waals surface area contributed by atoms with Crippen LogP contribution in [0.1, 0.15) is 25.8 Å². The van der Waals surface area contributed by atoms with Crippen LogP contribution < -0.4 is 0 Å². The molecule has 2 heteroatoms. The Morgan fingerprint density at radius 3 is 2.69 bits per heavy atom. The van der Waals surface area contributed by atoms with E-state index in [0.29, 0.717) is 5.56 Å². The molecule has 0 spiro atoms. The molecule has 70 valence electrons. The third-order valence-corrected chi connectivity index (χ3v) is 1.92. The minimum absolute atomic E-state index is 0.319. The Bertz CT molecular complexity index is 327. The first kappa shape index (κ1) is 9.90. The minimum atomic E-state index is -0.406. The van der Waals surface area contributed by atoms with Gasteiger partial charge < -0.3 is 0 Å². The molecule has 1 rings (SSSR count). The molecule has 0 N–H and O–H groups in total. The lowest BCUT2D eigenvalue weighted by atomic mass is 10.1. The molecule has 0 saturated heterocycles. The van der Waals surface area contributed by atoms with Crippen LogP contribution in [-0.4, -0.2) is 0 Å². The summed E-state index contributed by atoms with van der Waals surface area (Å²) in [5.41, 5.74) is 1.35. The van der Waals surface area contributed by atoms with Crippen molar-refractivity contribution in [2.45, 2.75) is 20.3 Å². The standard InChI is InChI=1S/C11H12F2/c1-3-8(2)6-9-7-10(12)4-5-11(9)13/h4-7H,3H2,1-2H3. The number of hydrogen-bond acceptors (Lipinski definition) is 0. The first-order chi connectivity index (χ1) is 6.13. The van der Waals surface area contributed by atoms with Crippen molar-refractivity contribution in [1.29, 1.82) is 0 Å². The molecule has 0 heterocycles. The number of halogens is 2. The zero-order chi connectivity index (χ0) is 9.84. The molecule has 0 unspecified atom stereocenters. The van der Waals surface area contributed by atoms with E-state index in [9.17, 15) is 8.78 Å². The highest BCUT2D eigenvalue weighted by molar-refractivity contribution is 5.52. The van der Waals surface area contributed by atoms with E-state index in [1.54, 1.807) is 6.08 Å². The third kappa shape index (κ3) is 2.65. The number of rotatable bonds is 2. The highest BCUT2D eigenvalue weighted by atomic mass is 19.1. The van der Waals surface area contributed by atoms with Crippen LogP contribution in [0.3, 0.4) is 0 Å². The SMILES string of the molecule is CCC(C)=Cc1cc(F)ccc1F. The minimum Gasteiger partial charge on any atom is -0.207 e. The molecule has 0 aliphatic heterocycles. The van der Waals surface area contributed by atoms with Gasteiger partial charge in [0.25, 0.3) is 0 Å². The Kier molecular flexibility index (Phi) is 3.18. The molecule has 0 nitrogen and oxygen atoms in total. The Balaban J connectivity index is 3.07. The van der Waals surface area contributed by atoms with Gasteiger partial charge in [0, 0.05) is 5.56 Å². The molecular formula is C11H12F2. The first-order valence-electron chi connectivity index (χ1n) is 4.25. The second-order valence-corrected chi connectivity index (χ2v) is 3.01. The van der Waals surface area contributed by atoms with Gasteiger partial charge in [-0.25, -0.2) is 8.78 Å². The predicted molar refractivity (Wildman–Crippen MR) is 50.3 cm³/mol. The normalized spacial score (nSPS) is 11.8. The van der Waals surface area contributed by atoms with Gasteiger partial charge in [0.05, 0.1) is 0 Å². The van der Waals surface area contributed by atoms with Gasteiger partial charge in [-0.3, -0.25) is 0 Å². The van der Waals surface area contributed by atoms with Crippen LogP contribution in [0.5, 0.6) is 0 Å². The van der Waals surface area contributed by atoms with Crippen molar-refractivity contribution in [3.8, 4) is 0 Å². The lowest BCUT2D eigenvalue weighted by Gasteiger charge is -1.99. The zero-order valence-corrected chi connectivity index (χ0v) is 7.77. The van der Waals surface area contributed by atoms with Crippen molar-refractivity contribution in [2.24, 2.45) is 0 Å². The molecule has 0 bridgehead atoms. The molecule has 0 fully saturated rings. The van der Waals surface area contributed by atoms with Crippen LogP contribution in [0.4, 0.5) is 8.78 Å². The van der Waals surface area contributed by atoms with Gasteiger partial charge in [0.2, 0.25) is 0 Å². The topological polar surface area (TPSA) is 0 Å². The largest absolute Gasteiger partial charge is 0.207 e. The molecule has 1 aromatic carbocycles. The van der Waals surface area contributed by atoms with Gasteiger partial charge in [0.15, 0.2) is 0 Å². The van der Waals surface area contributed by atoms with E-state index >= 15 is 0 Å². The summed E-state index contributed by atoms with van der Waals surface area (Å²) in [6.45, 7) is 3.87. The molecule has 0 aliphatic carbocycles. The van der Waals surface area contributed by atoms with Crippen LogP contribution in [0.15, 0.2) is 23.8 Å². The fourth-order valence-corrected chi connectivity index (χ4v) is 0.993. The molecular weight excluding hydrogens is 170 g/mol. The summed E-state index contributed by atoms with van der Waals surface area (Å²) in [5.74, 6) is -0.786. The highest BCUT2D eigenvalue weighted by Gasteiger charge is 2.00. The number of allylic oxidation sites excluding steroid dienone is 1. The van der Waals surface area contributed by atoms with Gasteiger partial charge in [-0.05, 0) is 31.5 Å². The molecule has 1 aromatic rings. The lowest BCUT2D eigenvalue weighted by Crippen LogP contribution is -1.85. The maximum atomic E-state index is 13.1. The maximum Gasteiger partial charge on any atom is 0.130 e. The molecule has 0 aromatic heterocycles. The third-order valence-electron chi connectivity index (χ3n) is 1.92. The summed E-state index contributed by atoms with van der Waals surface area (Å²) in [5, 5.41) is 0. The summed E-state index contributed by atoms with van der Waals surface area (Å²) in [4.78, 5) is 0. The molecule has 0 aliphatic rings. The Morgan fingerprint density at radius 2 is 2.08 bits per heavy atom. The fourth-order valence-electron chi connectivity index (χ4n) is 0.993. The number of hydrogen-bond donors (Lipinski definition) is 0. The molecule has 0 amide bonds. The smallest absolute Gasteiger partial charge is 0.130 e. The fraction of sp³-hybridized carbons (Fsp3) is 0.273. The maximum absolute atomic E-state index is 13.1. The highest BCUT2D eigenvalue weighted by Crippen LogP contribution is 2.14. The van der Waals surface area contributed by atoms with Gasteiger partial charge in [-0.2, -0.15) is 0 Å². The lowest BCUT2D eigenvalue weighted by molar-refractivity contribution is 0.598. The van der Waals surface area contributed by atoms with E-state index in [4.69, 9.17) is 0 Å². The van der Waals surface area contributed by atoms with Gasteiger partial charge in [-0.15, -0.1) is 0 Å². The van der Waals surface area contributed by atoms with Crippen molar-refractivity contribution < 1.29 is 8.78 Å². The summed E-state index contributed by atoms with van der Waals surface area (Å²) in [6, 6.07) is 3.46. The second kappa shape index (κ2) is 4.17. The molecule has 13 heavy (non-hydrogen) atoms. The molecule has 0 radical (unpaired) electrons. The van der Waals surface area contributed by atoms with Crippen molar-refractivity contribution in [2.75, 3.05) is 0 Å². The molecule has 0 atom stereocenters. The van der Waals surface area contributed by atoms with Crippen molar-refractivity contribution in [1.82, 2.24) is 0 Å². The summed E-state index contributed by atoms with van der Waals surface area (Å²) in [7, 11) is 0. The monoisotopic (exact) mass is 182 g/mol. The van der Waals surface area contributed by atoms with Crippen LogP contribution >= 0.6 is 0 Å². The van der Waals surface area contributed by atoms with Crippen LogP contribution in [0, 0.1) is 11.6 Å². The Morgan fingerprint density at radius 1 is 1.38 bits per heavy atom. The predicted octanol–water partition coefficient (Wildman–Crippen LogP) is 3.78. The summed E-state index contributed by atoms with van der Waals surface area (Å²) in [6.07, 6.45) is 2.51. The zero-order valence-electron chi connectivity index (χ0n) is 7.77. The van der Waals surface area contributed by atoms with E-state index in [1.165, 1.54) is 6.07 Å². The Labute approximate surface area is 76.9 Å². The van der Waals surface area contributed by atoms with E-state index in [1.807, 2.05) is 13.8 Å². The average molecular weight is 182 g/mol. The van der Waals surface area contributed by atoms with E-state index in [0.717, 1.165) is 24.1 Å². The van der Waals surface area contributed by atoms with E-state index in [2.05, 4.69) is 0 Å². The van der Waals surface area contributed by atoms with Crippen LogP contribution in [-0.2, 0) is 0 Å². The Hall–Kier alpha value is -1.18. The first-order valence-corrected chi connectivity index (χ1v) is 4.25. The van der Waals surface area contributed by atoms with Gasteiger partial charge in [0.1, 0.15) is 11.6 Å². The van der Waals surface area contributed by atoms with Crippen LogP contribution in [0.25, 0.3) is 6.08 Å². The quantitative estimate of drug-likeness (QED) is 0.653. The second-order valence-electron chi connectivity index (χ2n) is 3.01. The summed E-state index contributed by atoms with van der Waals surface area (Å²) >= 11 is 0. The number of benzene rings is 1. The van der Waals surface area contributed by atoms with Crippen molar-refractivity contribution in [3.05, 3.63) is 41.0 Å². The van der Waals surface area contributed by atoms with Crippen molar-refractivity contribution >= 4 is 6.08 Å². The van der Waals surface area contributed by atoms with Crippen LogP contribution in [0.2, 0.25) is 0 Å². The van der Waals surface area contributed by atoms with Gasteiger partial charge >= 0.3 is 0 Å². The van der Waals surface area contributed by atoms with Gasteiger partial charge in [-0.1, -0.05) is 18.6 Å². The molecule has 0 saturated carbocycles. The van der Waals surface area contributed by atoms with Crippen molar-refractivity contribution in [3.63, 3.8) is 0 Å². The summed E-state index contributed by atoms with van der Waals surface area (Å²) < 4.78 is 25.8.